The highest BCUT2D eigenvalue weighted by molar-refractivity contribution is 7.10. The maximum Gasteiger partial charge on any atom is 0.159 e. The van der Waals surface area contributed by atoms with Crippen molar-refractivity contribution in [1.82, 2.24) is 4.98 Å². The highest BCUT2D eigenvalue weighted by atomic mass is 32.1. The van der Waals surface area contributed by atoms with Crippen molar-refractivity contribution in [3.05, 3.63) is 40.2 Å². The van der Waals surface area contributed by atoms with Gasteiger partial charge in [0.05, 0.1) is 10.7 Å². The van der Waals surface area contributed by atoms with Crippen LogP contribution in [0.25, 0.3) is 11.3 Å². The topological polar surface area (TPSA) is 38.9 Å². The zero-order valence-corrected chi connectivity index (χ0v) is 10.1. The van der Waals surface area contributed by atoms with Gasteiger partial charge in [-0.3, -0.25) is 0 Å². The van der Waals surface area contributed by atoms with Gasteiger partial charge in [0, 0.05) is 23.4 Å². The third-order valence-corrected chi connectivity index (χ3v) is 3.59. The van der Waals surface area contributed by atoms with Crippen molar-refractivity contribution in [1.29, 1.82) is 0 Å². The normalized spacial score (nSPS) is 12.7. The monoisotopic (exact) mass is 254 g/mol. The van der Waals surface area contributed by atoms with Gasteiger partial charge in [0.2, 0.25) is 0 Å². The van der Waals surface area contributed by atoms with Gasteiger partial charge in [0.15, 0.2) is 11.6 Å². The van der Waals surface area contributed by atoms with Crippen LogP contribution < -0.4 is 5.73 Å². The average molecular weight is 254 g/mol. The standard InChI is InChI=1S/C12H12F2N2S/c1-7(5-15)12-16-11(6-17-12)8-2-3-9(13)10(14)4-8/h2-4,6-7H,5,15H2,1H3. The number of aromatic nitrogens is 1. The molecule has 0 radical (unpaired) electrons. The molecule has 0 saturated carbocycles. The molecule has 5 heteroatoms. The molecule has 0 aliphatic heterocycles. The minimum atomic E-state index is -0.857. The lowest BCUT2D eigenvalue weighted by Crippen LogP contribution is -2.08. The van der Waals surface area contributed by atoms with E-state index in [1.165, 1.54) is 17.4 Å². The van der Waals surface area contributed by atoms with E-state index >= 15 is 0 Å². The smallest absolute Gasteiger partial charge is 0.159 e. The number of rotatable bonds is 3. The molecule has 0 aliphatic rings. The molecule has 0 fully saturated rings. The molecule has 2 rings (SSSR count). The van der Waals surface area contributed by atoms with Crippen LogP contribution in [0.15, 0.2) is 23.6 Å². The van der Waals surface area contributed by atoms with E-state index in [-0.39, 0.29) is 5.92 Å². The van der Waals surface area contributed by atoms with Gasteiger partial charge in [0.25, 0.3) is 0 Å². The van der Waals surface area contributed by atoms with Gasteiger partial charge in [0.1, 0.15) is 0 Å². The summed E-state index contributed by atoms with van der Waals surface area (Å²) in [5, 5.41) is 2.74. The Hall–Kier alpha value is -1.33. The first-order chi connectivity index (χ1) is 8.11. The quantitative estimate of drug-likeness (QED) is 0.913. The summed E-state index contributed by atoms with van der Waals surface area (Å²) in [7, 11) is 0. The van der Waals surface area contributed by atoms with Crippen molar-refractivity contribution >= 4 is 11.3 Å². The molecule has 2 N–H and O–H groups in total. The Morgan fingerprint density at radius 2 is 2.12 bits per heavy atom. The summed E-state index contributed by atoms with van der Waals surface area (Å²) in [6.45, 7) is 2.50. The molecule has 1 aromatic heterocycles. The fourth-order valence-corrected chi connectivity index (χ4v) is 2.30. The van der Waals surface area contributed by atoms with E-state index in [0.717, 1.165) is 17.1 Å². The van der Waals surface area contributed by atoms with E-state index < -0.39 is 11.6 Å². The maximum atomic E-state index is 13.1. The molecule has 1 unspecified atom stereocenters. The summed E-state index contributed by atoms with van der Waals surface area (Å²) in [5.41, 5.74) is 6.79. The van der Waals surface area contributed by atoms with Gasteiger partial charge >= 0.3 is 0 Å². The van der Waals surface area contributed by atoms with Crippen LogP contribution in [0.4, 0.5) is 8.78 Å². The van der Waals surface area contributed by atoms with Crippen LogP contribution in [0.5, 0.6) is 0 Å². The predicted octanol–water partition coefficient (Wildman–Crippen LogP) is 3.15. The van der Waals surface area contributed by atoms with Crippen molar-refractivity contribution in [2.24, 2.45) is 5.73 Å². The van der Waals surface area contributed by atoms with Gasteiger partial charge in [-0.25, -0.2) is 13.8 Å². The van der Waals surface area contributed by atoms with Crippen molar-refractivity contribution in [2.75, 3.05) is 6.54 Å². The van der Waals surface area contributed by atoms with Gasteiger partial charge in [-0.1, -0.05) is 6.92 Å². The summed E-state index contributed by atoms with van der Waals surface area (Å²) in [6.07, 6.45) is 0. The number of nitrogens with two attached hydrogens (primary N) is 1. The Kier molecular flexibility index (Phi) is 3.49. The second kappa shape index (κ2) is 4.89. The first kappa shape index (κ1) is 12.1. The van der Waals surface area contributed by atoms with Crippen LogP contribution in [-0.2, 0) is 0 Å². The fraction of sp³-hybridized carbons (Fsp3) is 0.250. The second-order valence-electron chi connectivity index (χ2n) is 3.84. The summed E-state index contributed by atoms with van der Waals surface area (Å²) in [4.78, 5) is 4.37. The minimum absolute atomic E-state index is 0.180. The van der Waals surface area contributed by atoms with E-state index in [4.69, 9.17) is 5.73 Å². The van der Waals surface area contributed by atoms with E-state index in [1.807, 2.05) is 12.3 Å². The van der Waals surface area contributed by atoms with E-state index in [1.54, 1.807) is 0 Å². The number of halogens is 2. The van der Waals surface area contributed by atoms with E-state index in [2.05, 4.69) is 4.98 Å². The molecular weight excluding hydrogens is 242 g/mol. The minimum Gasteiger partial charge on any atom is -0.330 e. The predicted molar refractivity (Wildman–Crippen MR) is 64.9 cm³/mol. The van der Waals surface area contributed by atoms with Crippen LogP contribution in [0.3, 0.4) is 0 Å². The first-order valence-electron chi connectivity index (χ1n) is 5.22. The zero-order valence-electron chi connectivity index (χ0n) is 9.28. The maximum absolute atomic E-state index is 13.1. The lowest BCUT2D eigenvalue weighted by molar-refractivity contribution is 0.509. The molecule has 17 heavy (non-hydrogen) atoms. The van der Waals surface area contributed by atoms with Crippen LogP contribution in [0, 0.1) is 11.6 Å². The van der Waals surface area contributed by atoms with Crippen molar-refractivity contribution in [3.8, 4) is 11.3 Å². The van der Waals surface area contributed by atoms with Gasteiger partial charge in [-0.2, -0.15) is 0 Å². The molecule has 1 aromatic carbocycles. The second-order valence-corrected chi connectivity index (χ2v) is 4.73. The third kappa shape index (κ3) is 2.50. The Morgan fingerprint density at radius 3 is 2.76 bits per heavy atom. The Balaban J connectivity index is 2.33. The van der Waals surface area contributed by atoms with Gasteiger partial charge in [-0.15, -0.1) is 11.3 Å². The summed E-state index contributed by atoms with van der Waals surface area (Å²) >= 11 is 1.48. The first-order valence-corrected chi connectivity index (χ1v) is 6.10. The fourth-order valence-electron chi connectivity index (χ4n) is 1.40. The Bertz CT molecular complexity index is 525. The Morgan fingerprint density at radius 1 is 1.35 bits per heavy atom. The molecule has 2 nitrogen and oxygen atoms in total. The lowest BCUT2D eigenvalue weighted by atomic mass is 10.1. The molecule has 0 saturated heterocycles. The summed E-state index contributed by atoms with van der Waals surface area (Å²) in [5.74, 6) is -1.53. The summed E-state index contributed by atoms with van der Waals surface area (Å²) < 4.78 is 25.9. The molecule has 2 aromatic rings. The average Bonchev–Trinajstić information content (AvgIpc) is 2.81. The van der Waals surface area contributed by atoms with Crippen molar-refractivity contribution in [3.63, 3.8) is 0 Å². The lowest BCUT2D eigenvalue weighted by Gasteiger charge is -2.02. The molecule has 0 spiro atoms. The van der Waals surface area contributed by atoms with Crippen LogP contribution in [0.2, 0.25) is 0 Å². The molecular formula is C12H12F2N2S. The zero-order chi connectivity index (χ0) is 12.4. The van der Waals surface area contributed by atoms with Crippen molar-refractivity contribution < 1.29 is 8.78 Å². The van der Waals surface area contributed by atoms with Crippen LogP contribution in [0.1, 0.15) is 17.8 Å². The largest absolute Gasteiger partial charge is 0.330 e. The number of nitrogens with zero attached hydrogens (tertiary/aromatic N) is 1. The molecule has 1 atom stereocenters. The molecule has 0 amide bonds. The third-order valence-electron chi connectivity index (χ3n) is 2.51. The SMILES string of the molecule is CC(CN)c1nc(-c2ccc(F)c(F)c2)cs1. The van der Waals surface area contributed by atoms with E-state index in [0.29, 0.717) is 17.8 Å². The molecule has 0 aliphatic carbocycles. The van der Waals surface area contributed by atoms with E-state index in [9.17, 15) is 8.78 Å². The number of thiazole rings is 1. The molecule has 0 bridgehead atoms. The number of hydrogen-bond donors (Lipinski definition) is 1. The van der Waals surface area contributed by atoms with Gasteiger partial charge < -0.3 is 5.73 Å². The highest BCUT2D eigenvalue weighted by Gasteiger charge is 2.11. The highest BCUT2D eigenvalue weighted by Crippen LogP contribution is 2.26. The summed E-state index contributed by atoms with van der Waals surface area (Å²) in [6, 6.07) is 3.78. The number of benzene rings is 1. The van der Waals surface area contributed by atoms with Gasteiger partial charge in [-0.05, 0) is 18.2 Å². The molecule has 90 valence electrons. The van der Waals surface area contributed by atoms with Crippen LogP contribution in [-0.4, -0.2) is 11.5 Å². The van der Waals surface area contributed by atoms with Crippen LogP contribution >= 0.6 is 11.3 Å². The number of hydrogen-bond acceptors (Lipinski definition) is 3. The Labute approximate surface area is 102 Å². The van der Waals surface area contributed by atoms with Crippen molar-refractivity contribution in [2.45, 2.75) is 12.8 Å². The molecule has 1 heterocycles.